The Kier molecular flexibility index (Phi) is 3.53. The molecular formula is C19H20N2. The van der Waals surface area contributed by atoms with E-state index in [2.05, 4.69) is 61.6 Å². The minimum Gasteiger partial charge on any atom is -0.399 e. The van der Waals surface area contributed by atoms with E-state index in [1.165, 1.54) is 27.6 Å². The molecule has 3 rings (SSSR count). The standard InChI is InChI=1S/C19H20N2/c1-3-14-12-16(20)10-11-18(14)21-19-13(2)8-9-15-6-4-5-7-17(15)19/h4-12,21H,3,20H2,1-2H3. The van der Waals surface area contributed by atoms with Crippen molar-refractivity contribution in [2.24, 2.45) is 0 Å². The second kappa shape index (κ2) is 5.49. The van der Waals surface area contributed by atoms with E-state index in [0.717, 1.165) is 17.8 Å². The van der Waals surface area contributed by atoms with Crippen LogP contribution in [-0.2, 0) is 6.42 Å². The molecule has 106 valence electrons. The zero-order valence-electron chi connectivity index (χ0n) is 12.5. The van der Waals surface area contributed by atoms with Gasteiger partial charge in [-0.25, -0.2) is 0 Å². The Morgan fingerprint density at radius 1 is 1.00 bits per heavy atom. The van der Waals surface area contributed by atoms with Gasteiger partial charge >= 0.3 is 0 Å². The average molecular weight is 276 g/mol. The number of hydrogen-bond acceptors (Lipinski definition) is 2. The lowest BCUT2D eigenvalue weighted by atomic mass is 10.0. The van der Waals surface area contributed by atoms with Gasteiger partial charge in [0.2, 0.25) is 0 Å². The Morgan fingerprint density at radius 3 is 2.62 bits per heavy atom. The van der Waals surface area contributed by atoms with E-state index >= 15 is 0 Å². The molecule has 0 aliphatic heterocycles. The summed E-state index contributed by atoms with van der Waals surface area (Å²) in [5, 5.41) is 6.10. The maximum absolute atomic E-state index is 5.89. The van der Waals surface area contributed by atoms with Gasteiger partial charge in [-0.3, -0.25) is 0 Å². The minimum atomic E-state index is 0.812. The molecule has 3 aromatic rings. The molecule has 21 heavy (non-hydrogen) atoms. The molecule has 3 aromatic carbocycles. The van der Waals surface area contributed by atoms with E-state index in [1.54, 1.807) is 0 Å². The van der Waals surface area contributed by atoms with Crippen LogP contribution in [0, 0.1) is 6.92 Å². The van der Waals surface area contributed by atoms with E-state index < -0.39 is 0 Å². The Balaban J connectivity index is 2.12. The molecule has 0 aliphatic carbocycles. The highest BCUT2D eigenvalue weighted by molar-refractivity contribution is 5.97. The summed E-state index contributed by atoms with van der Waals surface area (Å²) in [6.45, 7) is 4.29. The lowest BCUT2D eigenvalue weighted by molar-refractivity contribution is 1.14. The van der Waals surface area contributed by atoms with Crippen LogP contribution in [0.4, 0.5) is 17.1 Å². The van der Waals surface area contributed by atoms with Crippen LogP contribution in [-0.4, -0.2) is 0 Å². The summed E-state index contributed by atoms with van der Waals surface area (Å²) in [5.74, 6) is 0. The molecule has 0 saturated heterocycles. The molecule has 0 fully saturated rings. The first-order valence-electron chi connectivity index (χ1n) is 7.33. The molecule has 3 N–H and O–H groups in total. The van der Waals surface area contributed by atoms with E-state index in [0.29, 0.717) is 0 Å². The van der Waals surface area contributed by atoms with Crippen LogP contribution >= 0.6 is 0 Å². The Hall–Kier alpha value is -2.48. The predicted molar refractivity (Wildman–Crippen MR) is 92.2 cm³/mol. The fraction of sp³-hybridized carbons (Fsp3) is 0.158. The zero-order valence-corrected chi connectivity index (χ0v) is 12.5. The number of benzene rings is 3. The molecule has 2 nitrogen and oxygen atoms in total. The lowest BCUT2D eigenvalue weighted by Crippen LogP contribution is -1.99. The number of aryl methyl sites for hydroxylation is 2. The molecule has 0 unspecified atom stereocenters. The summed E-state index contributed by atoms with van der Waals surface area (Å²) in [5.41, 5.74) is 11.5. The van der Waals surface area contributed by atoms with Crippen LogP contribution in [0.15, 0.2) is 54.6 Å². The van der Waals surface area contributed by atoms with Crippen molar-refractivity contribution < 1.29 is 0 Å². The maximum Gasteiger partial charge on any atom is 0.0493 e. The maximum atomic E-state index is 5.89. The highest BCUT2D eigenvalue weighted by atomic mass is 14.9. The second-order valence-corrected chi connectivity index (χ2v) is 5.37. The summed E-state index contributed by atoms with van der Waals surface area (Å²) in [6.07, 6.45) is 0.956. The summed E-state index contributed by atoms with van der Waals surface area (Å²) >= 11 is 0. The minimum absolute atomic E-state index is 0.812. The van der Waals surface area contributed by atoms with Gasteiger partial charge < -0.3 is 11.1 Å². The largest absolute Gasteiger partial charge is 0.399 e. The Morgan fingerprint density at radius 2 is 1.81 bits per heavy atom. The van der Waals surface area contributed by atoms with Crippen molar-refractivity contribution in [2.75, 3.05) is 11.1 Å². The van der Waals surface area contributed by atoms with Crippen molar-refractivity contribution in [3.8, 4) is 0 Å². The van der Waals surface area contributed by atoms with Crippen molar-refractivity contribution in [3.05, 3.63) is 65.7 Å². The predicted octanol–water partition coefficient (Wildman–Crippen LogP) is 5.04. The van der Waals surface area contributed by atoms with E-state index in [9.17, 15) is 0 Å². The van der Waals surface area contributed by atoms with Crippen LogP contribution in [0.1, 0.15) is 18.1 Å². The quantitative estimate of drug-likeness (QED) is 0.658. The van der Waals surface area contributed by atoms with Crippen molar-refractivity contribution in [3.63, 3.8) is 0 Å². The van der Waals surface area contributed by atoms with Crippen LogP contribution in [0.5, 0.6) is 0 Å². The van der Waals surface area contributed by atoms with Gasteiger partial charge in [-0.05, 0) is 48.1 Å². The molecule has 0 atom stereocenters. The molecule has 0 heterocycles. The van der Waals surface area contributed by atoms with Gasteiger partial charge in [0.15, 0.2) is 0 Å². The molecule has 2 heteroatoms. The van der Waals surface area contributed by atoms with Crippen LogP contribution in [0.25, 0.3) is 10.8 Å². The topological polar surface area (TPSA) is 38.0 Å². The lowest BCUT2D eigenvalue weighted by Gasteiger charge is -2.16. The molecule has 0 bridgehead atoms. The molecule has 0 amide bonds. The first kappa shape index (κ1) is 13.5. The fourth-order valence-corrected chi connectivity index (χ4v) is 2.71. The molecule has 0 radical (unpaired) electrons. The third-order valence-electron chi connectivity index (χ3n) is 3.91. The molecule has 0 saturated carbocycles. The van der Waals surface area contributed by atoms with Gasteiger partial charge in [-0.2, -0.15) is 0 Å². The first-order chi connectivity index (χ1) is 10.2. The van der Waals surface area contributed by atoms with E-state index in [-0.39, 0.29) is 0 Å². The fourth-order valence-electron chi connectivity index (χ4n) is 2.71. The zero-order chi connectivity index (χ0) is 14.8. The monoisotopic (exact) mass is 276 g/mol. The van der Waals surface area contributed by atoms with E-state index in [4.69, 9.17) is 5.73 Å². The molecule has 0 aliphatic rings. The third kappa shape index (κ3) is 2.57. The normalized spacial score (nSPS) is 10.8. The average Bonchev–Trinajstić information content (AvgIpc) is 2.51. The van der Waals surface area contributed by atoms with Crippen molar-refractivity contribution in [1.29, 1.82) is 0 Å². The van der Waals surface area contributed by atoms with Crippen molar-refractivity contribution in [2.45, 2.75) is 20.3 Å². The van der Waals surface area contributed by atoms with Gasteiger partial charge in [0.05, 0.1) is 0 Å². The van der Waals surface area contributed by atoms with Crippen LogP contribution < -0.4 is 11.1 Å². The summed E-state index contributed by atoms with van der Waals surface area (Å²) in [7, 11) is 0. The number of nitrogens with one attached hydrogen (secondary N) is 1. The number of fused-ring (bicyclic) bond motifs is 1. The van der Waals surface area contributed by atoms with Gasteiger partial charge in [0.25, 0.3) is 0 Å². The number of nitrogen functional groups attached to an aromatic ring is 1. The van der Waals surface area contributed by atoms with Gasteiger partial charge in [0, 0.05) is 22.4 Å². The number of hydrogen-bond donors (Lipinski definition) is 2. The number of anilines is 3. The van der Waals surface area contributed by atoms with Crippen LogP contribution in [0.2, 0.25) is 0 Å². The first-order valence-corrected chi connectivity index (χ1v) is 7.33. The Labute approximate surface area is 125 Å². The summed E-state index contributed by atoms with van der Waals surface area (Å²) < 4.78 is 0. The SMILES string of the molecule is CCc1cc(N)ccc1Nc1c(C)ccc2ccccc12. The molecule has 0 spiro atoms. The molecular weight excluding hydrogens is 256 g/mol. The Bertz CT molecular complexity index is 791. The number of rotatable bonds is 3. The highest BCUT2D eigenvalue weighted by Crippen LogP contribution is 2.31. The molecule has 0 aromatic heterocycles. The van der Waals surface area contributed by atoms with Crippen LogP contribution in [0.3, 0.4) is 0 Å². The smallest absolute Gasteiger partial charge is 0.0493 e. The second-order valence-electron chi connectivity index (χ2n) is 5.37. The highest BCUT2D eigenvalue weighted by Gasteiger charge is 2.07. The van der Waals surface area contributed by atoms with Gasteiger partial charge in [-0.1, -0.05) is 43.3 Å². The van der Waals surface area contributed by atoms with E-state index in [1.807, 2.05) is 12.1 Å². The summed E-state index contributed by atoms with van der Waals surface area (Å²) in [6, 6.07) is 18.8. The van der Waals surface area contributed by atoms with Crippen molar-refractivity contribution >= 4 is 27.8 Å². The number of nitrogens with two attached hydrogens (primary N) is 1. The van der Waals surface area contributed by atoms with Gasteiger partial charge in [0.1, 0.15) is 0 Å². The summed E-state index contributed by atoms with van der Waals surface area (Å²) in [4.78, 5) is 0. The van der Waals surface area contributed by atoms with Gasteiger partial charge in [-0.15, -0.1) is 0 Å². The third-order valence-corrected chi connectivity index (χ3v) is 3.91. The van der Waals surface area contributed by atoms with Crippen molar-refractivity contribution in [1.82, 2.24) is 0 Å².